The number of nitrogens with one attached hydrogen (secondary N) is 2. The second-order valence-electron chi connectivity index (χ2n) is 2.77. The molecule has 1 amide bonds. The van der Waals surface area contributed by atoms with Crippen molar-refractivity contribution in [3.05, 3.63) is 29.6 Å². The van der Waals surface area contributed by atoms with Crippen LogP contribution >= 0.6 is 0 Å². The Morgan fingerprint density at radius 1 is 1.50 bits per heavy atom. The molecule has 0 aliphatic rings. The fraction of sp³-hybridized carbons (Fsp3) is 0.300. The SMILES string of the molecule is CCNc1c(F)cccc1C(=O)NC. The predicted molar refractivity (Wildman–Crippen MR) is 54.0 cm³/mol. The van der Waals surface area contributed by atoms with Gasteiger partial charge in [0.15, 0.2) is 0 Å². The number of amides is 1. The van der Waals surface area contributed by atoms with Crippen LogP contribution in [0.3, 0.4) is 0 Å². The minimum absolute atomic E-state index is 0.259. The van der Waals surface area contributed by atoms with E-state index in [0.29, 0.717) is 12.1 Å². The van der Waals surface area contributed by atoms with Gasteiger partial charge in [-0.25, -0.2) is 4.39 Å². The third kappa shape index (κ3) is 2.02. The molecule has 14 heavy (non-hydrogen) atoms. The molecule has 0 bridgehead atoms. The van der Waals surface area contributed by atoms with Crippen molar-refractivity contribution in [1.82, 2.24) is 5.32 Å². The lowest BCUT2D eigenvalue weighted by molar-refractivity contribution is 0.0963. The maximum atomic E-state index is 13.3. The molecule has 0 aromatic heterocycles. The first-order chi connectivity index (χ1) is 6.70. The van der Waals surface area contributed by atoms with E-state index in [9.17, 15) is 9.18 Å². The quantitative estimate of drug-likeness (QED) is 0.771. The summed E-state index contributed by atoms with van der Waals surface area (Å²) in [6.07, 6.45) is 0. The fourth-order valence-electron chi connectivity index (χ4n) is 1.20. The molecule has 2 N–H and O–H groups in total. The molecule has 0 atom stereocenters. The van der Waals surface area contributed by atoms with Crippen LogP contribution in [0.25, 0.3) is 0 Å². The van der Waals surface area contributed by atoms with Crippen LogP contribution in [0, 0.1) is 5.82 Å². The minimum Gasteiger partial charge on any atom is -0.382 e. The van der Waals surface area contributed by atoms with Gasteiger partial charge in [-0.3, -0.25) is 4.79 Å². The van der Waals surface area contributed by atoms with Crippen LogP contribution in [0.2, 0.25) is 0 Å². The standard InChI is InChI=1S/C10H13FN2O/c1-3-13-9-7(10(14)12-2)5-4-6-8(9)11/h4-6,13H,3H2,1-2H3,(H,12,14). The maximum absolute atomic E-state index is 13.3. The van der Waals surface area contributed by atoms with Crippen molar-refractivity contribution in [3.8, 4) is 0 Å². The van der Waals surface area contributed by atoms with Gasteiger partial charge in [0.05, 0.1) is 11.3 Å². The Morgan fingerprint density at radius 2 is 2.21 bits per heavy atom. The molecular formula is C10H13FN2O. The summed E-state index contributed by atoms with van der Waals surface area (Å²) in [6.45, 7) is 2.42. The second-order valence-corrected chi connectivity index (χ2v) is 2.77. The highest BCUT2D eigenvalue weighted by Crippen LogP contribution is 2.19. The van der Waals surface area contributed by atoms with Crippen molar-refractivity contribution in [3.63, 3.8) is 0 Å². The molecule has 0 spiro atoms. The van der Waals surface area contributed by atoms with Crippen molar-refractivity contribution < 1.29 is 9.18 Å². The van der Waals surface area contributed by atoms with Crippen LogP contribution in [0.15, 0.2) is 18.2 Å². The summed E-state index contributed by atoms with van der Waals surface area (Å²) < 4.78 is 13.3. The zero-order valence-corrected chi connectivity index (χ0v) is 8.23. The van der Waals surface area contributed by atoms with Gasteiger partial charge < -0.3 is 10.6 Å². The van der Waals surface area contributed by atoms with Gasteiger partial charge in [0, 0.05) is 13.6 Å². The number of carbonyl (C=O) groups is 1. The normalized spacial score (nSPS) is 9.64. The first-order valence-corrected chi connectivity index (χ1v) is 4.45. The molecule has 0 saturated heterocycles. The number of para-hydroxylation sites is 1. The summed E-state index contributed by atoms with van der Waals surface area (Å²) in [5, 5.41) is 5.29. The lowest BCUT2D eigenvalue weighted by Gasteiger charge is -2.09. The highest BCUT2D eigenvalue weighted by molar-refractivity contribution is 5.99. The van der Waals surface area contributed by atoms with Crippen LogP contribution in [-0.4, -0.2) is 19.5 Å². The Morgan fingerprint density at radius 3 is 2.79 bits per heavy atom. The summed E-state index contributed by atoms with van der Waals surface area (Å²) in [5.74, 6) is -0.701. The summed E-state index contributed by atoms with van der Waals surface area (Å²) >= 11 is 0. The average molecular weight is 196 g/mol. The molecule has 0 fully saturated rings. The zero-order valence-electron chi connectivity index (χ0n) is 8.23. The molecular weight excluding hydrogens is 183 g/mol. The largest absolute Gasteiger partial charge is 0.382 e. The van der Waals surface area contributed by atoms with Crippen LogP contribution < -0.4 is 10.6 Å². The highest BCUT2D eigenvalue weighted by atomic mass is 19.1. The van der Waals surface area contributed by atoms with Crippen molar-refractivity contribution in [2.45, 2.75) is 6.92 Å². The molecule has 1 aromatic carbocycles. The maximum Gasteiger partial charge on any atom is 0.253 e. The number of benzene rings is 1. The summed E-state index contributed by atoms with van der Waals surface area (Å²) in [6, 6.07) is 4.42. The number of rotatable bonds is 3. The van der Waals surface area contributed by atoms with E-state index >= 15 is 0 Å². The summed E-state index contributed by atoms with van der Waals surface area (Å²) in [5.41, 5.74) is 0.587. The second kappa shape index (κ2) is 4.60. The minimum atomic E-state index is -0.409. The van der Waals surface area contributed by atoms with Gasteiger partial charge in [-0.05, 0) is 19.1 Å². The monoisotopic (exact) mass is 196 g/mol. The fourth-order valence-corrected chi connectivity index (χ4v) is 1.20. The van der Waals surface area contributed by atoms with Gasteiger partial charge in [0.1, 0.15) is 5.82 Å². The van der Waals surface area contributed by atoms with Gasteiger partial charge >= 0.3 is 0 Å². The van der Waals surface area contributed by atoms with E-state index < -0.39 is 5.82 Å². The molecule has 1 rings (SSSR count). The molecule has 0 unspecified atom stereocenters. The van der Waals surface area contributed by atoms with Crippen LogP contribution in [-0.2, 0) is 0 Å². The molecule has 1 aromatic rings. The van der Waals surface area contributed by atoms with Gasteiger partial charge in [-0.15, -0.1) is 0 Å². The van der Waals surface area contributed by atoms with Gasteiger partial charge in [-0.2, -0.15) is 0 Å². The molecule has 0 saturated carbocycles. The van der Waals surface area contributed by atoms with Crippen LogP contribution in [0.1, 0.15) is 17.3 Å². The van der Waals surface area contributed by atoms with Crippen molar-refractivity contribution >= 4 is 11.6 Å². The van der Waals surface area contributed by atoms with Gasteiger partial charge in [0.25, 0.3) is 5.91 Å². The summed E-state index contributed by atoms with van der Waals surface area (Å²) in [4.78, 5) is 11.3. The zero-order chi connectivity index (χ0) is 10.6. The third-order valence-electron chi connectivity index (χ3n) is 1.84. The first kappa shape index (κ1) is 10.5. The molecule has 0 aliphatic carbocycles. The Kier molecular flexibility index (Phi) is 3.45. The summed E-state index contributed by atoms with van der Waals surface area (Å²) in [7, 11) is 1.52. The third-order valence-corrected chi connectivity index (χ3v) is 1.84. The van der Waals surface area contributed by atoms with E-state index in [4.69, 9.17) is 0 Å². The molecule has 0 heterocycles. The van der Waals surface area contributed by atoms with Crippen molar-refractivity contribution in [2.75, 3.05) is 18.9 Å². The Balaban J connectivity index is 3.13. The van der Waals surface area contributed by atoms with Crippen LogP contribution in [0.5, 0.6) is 0 Å². The Bertz CT molecular complexity index is 339. The number of carbonyl (C=O) groups excluding carboxylic acids is 1. The Labute approximate surface area is 82.3 Å². The Hall–Kier alpha value is -1.58. The van der Waals surface area contributed by atoms with E-state index in [2.05, 4.69) is 10.6 Å². The van der Waals surface area contributed by atoms with E-state index in [-0.39, 0.29) is 11.6 Å². The number of hydrogen-bond donors (Lipinski definition) is 2. The van der Waals surface area contributed by atoms with Crippen molar-refractivity contribution in [1.29, 1.82) is 0 Å². The number of hydrogen-bond acceptors (Lipinski definition) is 2. The lowest BCUT2D eigenvalue weighted by Crippen LogP contribution is -2.20. The molecule has 0 radical (unpaired) electrons. The van der Waals surface area contributed by atoms with Crippen molar-refractivity contribution in [2.24, 2.45) is 0 Å². The predicted octanol–water partition coefficient (Wildman–Crippen LogP) is 1.62. The van der Waals surface area contributed by atoms with Gasteiger partial charge in [-0.1, -0.05) is 6.07 Å². The highest BCUT2D eigenvalue weighted by Gasteiger charge is 2.12. The van der Waals surface area contributed by atoms with E-state index in [0.717, 1.165) is 0 Å². The lowest BCUT2D eigenvalue weighted by atomic mass is 10.1. The smallest absolute Gasteiger partial charge is 0.253 e. The number of halogens is 1. The molecule has 3 nitrogen and oxygen atoms in total. The van der Waals surface area contributed by atoms with E-state index in [1.807, 2.05) is 6.92 Å². The molecule has 0 aliphatic heterocycles. The van der Waals surface area contributed by atoms with Gasteiger partial charge in [0.2, 0.25) is 0 Å². The van der Waals surface area contributed by atoms with Crippen LogP contribution in [0.4, 0.5) is 10.1 Å². The first-order valence-electron chi connectivity index (χ1n) is 4.45. The topological polar surface area (TPSA) is 41.1 Å². The molecule has 4 heteroatoms. The number of anilines is 1. The average Bonchev–Trinajstić information content (AvgIpc) is 2.20. The van der Waals surface area contributed by atoms with E-state index in [1.54, 1.807) is 6.07 Å². The molecule has 76 valence electrons. The van der Waals surface area contributed by atoms with E-state index in [1.165, 1.54) is 19.2 Å².